The van der Waals surface area contributed by atoms with Crippen molar-refractivity contribution in [1.82, 2.24) is 19.8 Å². The highest BCUT2D eigenvalue weighted by atomic mass is 32.2. The molecule has 11 heteroatoms. The van der Waals surface area contributed by atoms with E-state index < -0.39 is 15.4 Å². The van der Waals surface area contributed by atoms with Gasteiger partial charge in [-0.2, -0.15) is 4.98 Å². The normalized spacial score (nSPS) is 25.9. The highest BCUT2D eigenvalue weighted by Gasteiger charge is 2.59. The number of anilines is 1. The summed E-state index contributed by atoms with van der Waals surface area (Å²) in [4.78, 5) is 28.5. The van der Waals surface area contributed by atoms with Crippen LogP contribution in [0.1, 0.15) is 41.8 Å². The molecule has 1 saturated heterocycles. The highest BCUT2D eigenvalue weighted by Crippen LogP contribution is 2.50. The number of carbonyl (C=O) groups excluding carboxylic acids is 2. The van der Waals surface area contributed by atoms with E-state index in [1.54, 1.807) is 31.2 Å². The quantitative estimate of drug-likeness (QED) is 0.700. The summed E-state index contributed by atoms with van der Waals surface area (Å²) in [7, 11) is -3.36. The molecule has 31 heavy (non-hydrogen) atoms. The van der Waals surface area contributed by atoms with E-state index in [1.165, 1.54) is 17.5 Å². The lowest BCUT2D eigenvalue weighted by molar-refractivity contribution is -0.114. The number of sulfonamides is 1. The largest absolute Gasteiger partial charge is 0.349 e. The van der Waals surface area contributed by atoms with E-state index in [4.69, 9.17) is 4.52 Å². The number of carbonyl (C=O) groups is 2. The Hall–Kier alpha value is -2.79. The van der Waals surface area contributed by atoms with E-state index in [2.05, 4.69) is 20.8 Å². The molecule has 3 atom stereocenters. The van der Waals surface area contributed by atoms with Crippen LogP contribution in [0.4, 0.5) is 5.69 Å². The predicted molar refractivity (Wildman–Crippen MR) is 112 cm³/mol. The average Bonchev–Trinajstić information content (AvgIpc) is 3.33. The van der Waals surface area contributed by atoms with Gasteiger partial charge >= 0.3 is 0 Å². The van der Waals surface area contributed by atoms with Crippen LogP contribution in [0.2, 0.25) is 0 Å². The lowest BCUT2D eigenvalue weighted by atomic mass is 9.80. The molecule has 2 fully saturated rings. The van der Waals surface area contributed by atoms with Crippen LogP contribution in [-0.2, 0) is 20.2 Å². The number of hydrogen-bond acceptors (Lipinski definition) is 7. The van der Waals surface area contributed by atoms with Gasteiger partial charge in [0.2, 0.25) is 21.8 Å². The molecule has 0 bridgehead atoms. The minimum absolute atomic E-state index is 0.0434. The zero-order valence-electron chi connectivity index (χ0n) is 17.6. The van der Waals surface area contributed by atoms with E-state index in [0.717, 1.165) is 0 Å². The molecular formula is C20H25N5O5S. The smallest absolute Gasteiger partial charge is 0.251 e. The molecule has 1 aromatic carbocycles. The molecule has 0 unspecified atom stereocenters. The van der Waals surface area contributed by atoms with Gasteiger partial charge in [0.1, 0.15) is 0 Å². The fraction of sp³-hybridized carbons (Fsp3) is 0.500. The molecule has 0 radical (unpaired) electrons. The molecule has 1 aliphatic heterocycles. The number of nitrogens with zero attached hydrogens (tertiary/aromatic N) is 3. The van der Waals surface area contributed by atoms with Gasteiger partial charge in [0.05, 0.1) is 11.7 Å². The number of nitrogens with one attached hydrogen (secondary N) is 2. The molecule has 10 nitrogen and oxygen atoms in total. The Morgan fingerprint density at radius 2 is 2.10 bits per heavy atom. The summed E-state index contributed by atoms with van der Waals surface area (Å²) >= 11 is 0. The van der Waals surface area contributed by atoms with Crippen LogP contribution < -0.4 is 10.6 Å². The Labute approximate surface area is 180 Å². The van der Waals surface area contributed by atoms with Crippen LogP contribution in [0.15, 0.2) is 28.8 Å². The molecule has 1 aliphatic carbocycles. The molecule has 4 rings (SSSR count). The first-order chi connectivity index (χ1) is 14.6. The third kappa shape index (κ3) is 4.19. The van der Waals surface area contributed by atoms with Crippen LogP contribution in [0.5, 0.6) is 0 Å². The second-order valence-electron chi connectivity index (χ2n) is 8.43. The van der Waals surface area contributed by atoms with Crippen molar-refractivity contribution in [1.29, 1.82) is 0 Å². The second kappa shape index (κ2) is 7.72. The lowest BCUT2D eigenvalue weighted by Crippen LogP contribution is -2.39. The molecular weight excluding hydrogens is 422 g/mol. The standard InChI is InChI=1S/C20H25N5O5S/c1-12-21-19(30-24-12)20-9-17(8-15(20)10-25(11-20)31(3,28)29)23-18(27)14-5-4-6-16(7-14)22-13(2)26/h4-7,15,17H,8-11H2,1-3H3,(H,22,26)(H,23,27)/t15-,17+,20-/m0/s1. The first-order valence-electron chi connectivity index (χ1n) is 10.0. The molecule has 2 heterocycles. The van der Waals surface area contributed by atoms with Crippen LogP contribution >= 0.6 is 0 Å². The fourth-order valence-corrected chi connectivity index (χ4v) is 5.64. The van der Waals surface area contributed by atoms with Gasteiger partial charge in [-0.1, -0.05) is 11.2 Å². The van der Waals surface area contributed by atoms with Gasteiger partial charge in [0, 0.05) is 37.3 Å². The van der Waals surface area contributed by atoms with Gasteiger partial charge < -0.3 is 15.2 Å². The van der Waals surface area contributed by atoms with E-state index in [9.17, 15) is 18.0 Å². The third-order valence-corrected chi connectivity index (χ3v) is 7.26. The summed E-state index contributed by atoms with van der Waals surface area (Å²) in [5.74, 6) is 0.397. The zero-order chi connectivity index (χ0) is 22.4. The molecule has 2 aliphatic rings. The Morgan fingerprint density at radius 3 is 2.74 bits per heavy atom. The number of hydrogen-bond donors (Lipinski definition) is 2. The second-order valence-corrected chi connectivity index (χ2v) is 10.4. The maximum absolute atomic E-state index is 12.8. The lowest BCUT2D eigenvalue weighted by Gasteiger charge is -2.24. The van der Waals surface area contributed by atoms with E-state index in [1.807, 2.05) is 0 Å². The number of aryl methyl sites for hydroxylation is 1. The van der Waals surface area contributed by atoms with Gasteiger partial charge in [-0.3, -0.25) is 9.59 Å². The predicted octanol–water partition coefficient (Wildman–Crippen LogP) is 1.06. The van der Waals surface area contributed by atoms with Crippen molar-refractivity contribution in [2.45, 2.75) is 38.1 Å². The topological polar surface area (TPSA) is 134 Å². The van der Waals surface area contributed by atoms with Gasteiger partial charge in [-0.15, -0.1) is 0 Å². The van der Waals surface area contributed by atoms with Crippen molar-refractivity contribution in [3.05, 3.63) is 41.5 Å². The highest BCUT2D eigenvalue weighted by molar-refractivity contribution is 7.88. The molecule has 2 amide bonds. The summed E-state index contributed by atoms with van der Waals surface area (Å²) < 4.78 is 31.2. The van der Waals surface area contributed by atoms with Crippen molar-refractivity contribution in [3.8, 4) is 0 Å². The summed E-state index contributed by atoms with van der Waals surface area (Å²) in [6.45, 7) is 3.73. The van der Waals surface area contributed by atoms with Crippen LogP contribution in [-0.4, -0.2) is 60.1 Å². The van der Waals surface area contributed by atoms with Crippen molar-refractivity contribution in [3.63, 3.8) is 0 Å². The third-order valence-electron chi connectivity index (χ3n) is 6.05. The number of rotatable bonds is 5. The molecule has 1 saturated carbocycles. The number of fused-ring (bicyclic) bond motifs is 1. The number of amides is 2. The SMILES string of the molecule is CC(=O)Nc1cccc(C(=O)N[C@@H]2C[C@H]3CN(S(C)(=O)=O)C[C@@]3(c3nc(C)no3)C2)c1. The fourth-order valence-electron chi connectivity index (χ4n) is 4.73. The van der Waals surface area contributed by atoms with E-state index in [-0.39, 0.29) is 30.3 Å². The number of benzene rings is 1. The average molecular weight is 448 g/mol. The van der Waals surface area contributed by atoms with Gasteiger partial charge in [0.25, 0.3) is 5.91 Å². The van der Waals surface area contributed by atoms with Crippen LogP contribution in [0, 0.1) is 12.8 Å². The Morgan fingerprint density at radius 1 is 1.32 bits per heavy atom. The van der Waals surface area contributed by atoms with Crippen molar-refractivity contribution in [2.24, 2.45) is 5.92 Å². The Bertz CT molecular complexity index is 1130. The van der Waals surface area contributed by atoms with Crippen molar-refractivity contribution in [2.75, 3.05) is 24.7 Å². The summed E-state index contributed by atoms with van der Waals surface area (Å²) in [5, 5.41) is 9.61. The first-order valence-corrected chi connectivity index (χ1v) is 11.9. The van der Waals surface area contributed by atoms with Gasteiger partial charge in [-0.05, 0) is 43.9 Å². The van der Waals surface area contributed by atoms with Crippen molar-refractivity contribution >= 4 is 27.5 Å². The summed E-state index contributed by atoms with van der Waals surface area (Å²) in [5.41, 5.74) is 0.356. The first kappa shape index (κ1) is 21.4. The summed E-state index contributed by atoms with van der Waals surface area (Å²) in [6, 6.07) is 6.55. The number of aromatic nitrogens is 2. The molecule has 2 N–H and O–H groups in total. The zero-order valence-corrected chi connectivity index (χ0v) is 18.4. The summed E-state index contributed by atoms with van der Waals surface area (Å²) in [6.07, 6.45) is 2.30. The molecule has 2 aromatic rings. The van der Waals surface area contributed by atoms with E-state index >= 15 is 0 Å². The maximum atomic E-state index is 12.8. The van der Waals surface area contributed by atoms with Crippen LogP contribution in [0.3, 0.4) is 0 Å². The van der Waals surface area contributed by atoms with Gasteiger partial charge in [-0.25, -0.2) is 12.7 Å². The minimum Gasteiger partial charge on any atom is -0.349 e. The van der Waals surface area contributed by atoms with Crippen molar-refractivity contribution < 1.29 is 22.5 Å². The Kier molecular flexibility index (Phi) is 5.34. The minimum atomic E-state index is -3.36. The Balaban J connectivity index is 1.54. The molecule has 0 spiro atoms. The monoisotopic (exact) mass is 447 g/mol. The van der Waals surface area contributed by atoms with Gasteiger partial charge in [0.15, 0.2) is 5.82 Å². The van der Waals surface area contributed by atoms with Crippen LogP contribution in [0.25, 0.3) is 0 Å². The molecule has 1 aromatic heterocycles. The maximum Gasteiger partial charge on any atom is 0.251 e. The molecule has 166 valence electrons. The van der Waals surface area contributed by atoms with E-state index in [0.29, 0.717) is 42.4 Å².